The number of anilines is 3. The van der Waals surface area contributed by atoms with Gasteiger partial charge in [0, 0.05) is 63.9 Å². The van der Waals surface area contributed by atoms with Crippen molar-refractivity contribution in [2.75, 3.05) is 54.8 Å². The fraction of sp³-hybridized carbons (Fsp3) is 0.464. The van der Waals surface area contributed by atoms with Gasteiger partial charge in [0.15, 0.2) is 16.5 Å². The van der Waals surface area contributed by atoms with Gasteiger partial charge in [0.2, 0.25) is 23.7 Å². The first-order valence-corrected chi connectivity index (χ1v) is 28.3. The molecule has 2 saturated carbocycles. The minimum atomic E-state index is -1.17. The van der Waals surface area contributed by atoms with E-state index in [1.54, 1.807) is 34.8 Å². The van der Waals surface area contributed by atoms with Gasteiger partial charge in [-0.05, 0) is 92.7 Å². The number of aromatic nitrogens is 5. The number of aryl methyl sites for hydroxylation is 2. The van der Waals surface area contributed by atoms with Crippen molar-refractivity contribution in [3.05, 3.63) is 89.6 Å². The Balaban J connectivity index is 0.677. The summed E-state index contributed by atoms with van der Waals surface area (Å²) in [5.74, 6) is -0.213. The van der Waals surface area contributed by atoms with Crippen LogP contribution in [-0.4, -0.2) is 127 Å². The maximum absolute atomic E-state index is 14.3. The molecule has 0 spiro atoms. The Kier molecular flexibility index (Phi) is 15.8. The molecule has 2 saturated heterocycles. The molecule has 5 amide bonds. The number of ether oxygens (including phenoxy) is 2. The summed E-state index contributed by atoms with van der Waals surface area (Å²) in [5.41, 5.74) is 6.80. The number of benzene rings is 2. The van der Waals surface area contributed by atoms with Crippen LogP contribution in [0.25, 0.3) is 31.8 Å². The predicted molar refractivity (Wildman–Crippen MR) is 297 cm³/mol. The highest BCUT2D eigenvalue weighted by molar-refractivity contribution is 7.22. The summed E-state index contributed by atoms with van der Waals surface area (Å²) in [6.45, 7) is 12.9. The first kappa shape index (κ1) is 53.3. The number of hydrogen-bond acceptors (Lipinski definition) is 16. The second-order valence-electron chi connectivity index (χ2n) is 21.6. The van der Waals surface area contributed by atoms with Crippen molar-refractivity contribution in [1.29, 1.82) is 0 Å². The fourth-order valence-corrected chi connectivity index (χ4v) is 11.9. The van der Waals surface area contributed by atoms with Crippen molar-refractivity contribution in [3.8, 4) is 27.3 Å². The largest absolute Gasteiger partial charge is 0.474 e. The molecule has 6 aromatic rings. The van der Waals surface area contributed by atoms with Gasteiger partial charge in [-0.25, -0.2) is 24.7 Å². The molecular weight excluding hydrogens is 1020 g/mol. The van der Waals surface area contributed by atoms with Crippen molar-refractivity contribution in [2.24, 2.45) is 5.41 Å². The summed E-state index contributed by atoms with van der Waals surface area (Å²) in [7, 11) is 0. The lowest BCUT2D eigenvalue weighted by Crippen LogP contribution is -2.59. The molecule has 404 valence electrons. The quantitative estimate of drug-likeness (QED) is 0.0716. The average molecular weight is 1080 g/mol. The molecule has 19 nitrogen and oxygen atoms in total. The average Bonchev–Trinajstić information content (AvgIpc) is 3.67. The fourth-order valence-electron chi connectivity index (χ4n) is 10.2. The van der Waals surface area contributed by atoms with Gasteiger partial charge in [0.05, 0.1) is 56.6 Å². The van der Waals surface area contributed by atoms with Crippen LogP contribution in [0.2, 0.25) is 0 Å². The Morgan fingerprint density at radius 1 is 0.792 bits per heavy atom. The lowest BCUT2D eigenvalue weighted by Gasteiger charge is -2.36. The second-order valence-corrected chi connectivity index (χ2v) is 23.5. The molecule has 4 aliphatic rings. The van der Waals surface area contributed by atoms with E-state index >= 15 is 0 Å². The molecule has 4 fully saturated rings. The minimum absolute atomic E-state index is 0.0504. The number of nitrogens with zero attached hydrogens (tertiary/aromatic N) is 8. The van der Waals surface area contributed by atoms with Gasteiger partial charge in [0.1, 0.15) is 18.2 Å². The number of carbonyl (C=O) groups is 5. The third kappa shape index (κ3) is 12.7. The maximum Gasteiger partial charge on any atom is 0.411 e. The van der Waals surface area contributed by atoms with E-state index in [0.717, 1.165) is 68.7 Å². The van der Waals surface area contributed by atoms with Crippen molar-refractivity contribution in [2.45, 2.75) is 123 Å². The van der Waals surface area contributed by atoms with Crippen molar-refractivity contribution >= 4 is 79.4 Å². The molecule has 2 aliphatic carbocycles. The SMILES string of the molecule is Cc1ncc(-c2ccc3nc(NC(=O)CN4CCN(c5ncc(OC6(C(=O)NC(C(=O)N7CCCC7C(=O)NCc7ccc(-c8scnc8C)cc7)C(C)(C)C)CC6)cn5)CC4)sc3c2)cc1NC(=O)OC1CCCCC1. The van der Waals surface area contributed by atoms with Crippen LogP contribution in [0.15, 0.2) is 72.6 Å². The number of carbonyl (C=O) groups excluding carboxylic acids is 5. The van der Waals surface area contributed by atoms with Crippen LogP contribution in [0.3, 0.4) is 0 Å². The number of rotatable bonds is 16. The smallest absolute Gasteiger partial charge is 0.411 e. The molecule has 2 atom stereocenters. The Morgan fingerprint density at radius 2 is 1.53 bits per heavy atom. The van der Waals surface area contributed by atoms with Crippen molar-refractivity contribution in [3.63, 3.8) is 0 Å². The van der Waals surface area contributed by atoms with Gasteiger partial charge in [-0.3, -0.25) is 34.4 Å². The van der Waals surface area contributed by atoms with Crippen molar-refractivity contribution < 1.29 is 33.4 Å². The lowest BCUT2D eigenvalue weighted by molar-refractivity contribution is -0.145. The zero-order chi connectivity index (χ0) is 53.8. The zero-order valence-electron chi connectivity index (χ0n) is 44.2. The maximum atomic E-state index is 14.3. The van der Waals surface area contributed by atoms with E-state index in [1.807, 2.05) is 93.6 Å². The number of pyridine rings is 1. The summed E-state index contributed by atoms with van der Waals surface area (Å²) >= 11 is 2.99. The first-order chi connectivity index (χ1) is 37.1. The van der Waals surface area contributed by atoms with Crippen LogP contribution in [-0.2, 0) is 30.5 Å². The summed E-state index contributed by atoms with van der Waals surface area (Å²) in [6.07, 6.45) is 11.7. The molecule has 4 N–H and O–H groups in total. The highest BCUT2D eigenvalue weighted by Crippen LogP contribution is 2.41. The van der Waals surface area contributed by atoms with E-state index in [1.165, 1.54) is 17.8 Å². The number of amides is 5. The molecule has 10 rings (SSSR count). The number of fused-ring (bicyclic) bond motifs is 1. The van der Waals surface area contributed by atoms with Gasteiger partial charge in [-0.15, -0.1) is 11.3 Å². The van der Waals surface area contributed by atoms with Gasteiger partial charge >= 0.3 is 6.09 Å². The number of hydrogen-bond donors (Lipinski definition) is 4. The van der Waals surface area contributed by atoms with Gasteiger partial charge < -0.3 is 35.2 Å². The molecule has 4 aromatic heterocycles. The summed E-state index contributed by atoms with van der Waals surface area (Å²) in [4.78, 5) is 97.5. The Hall–Kier alpha value is -7.10. The number of thiazole rings is 2. The number of piperazine rings is 1. The molecule has 2 aromatic carbocycles. The van der Waals surface area contributed by atoms with E-state index in [2.05, 4.69) is 51.1 Å². The summed E-state index contributed by atoms with van der Waals surface area (Å²) < 4.78 is 12.9. The number of likely N-dealkylation sites (tertiary alicyclic amines) is 1. The highest BCUT2D eigenvalue weighted by atomic mass is 32.1. The van der Waals surface area contributed by atoms with Gasteiger partial charge in [-0.1, -0.05) is 68.9 Å². The predicted octanol–water partition coefficient (Wildman–Crippen LogP) is 8.28. The molecule has 2 aliphatic heterocycles. The van der Waals surface area contributed by atoms with Crippen LogP contribution in [0.4, 0.5) is 21.6 Å². The van der Waals surface area contributed by atoms with E-state index < -0.39 is 35.1 Å². The van der Waals surface area contributed by atoms with Crippen LogP contribution in [0.1, 0.15) is 95.5 Å². The molecule has 21 heteroatoms. The van der Waals surface area contributed by atoms with Crippen molar-refractivity contribution in [1.82, 2.24) is 45.4 Å². The number of nitrogens with one attached hydrogen (secondary N) is 4. The lowest BCUT2D eigenvalue weighted by atomic mass is 9.85. The highest BCUT2D eigenvalue weighted by Gasteiger charge is 2.55. The molecule has 6 heterocycles. The second kappa shape index (κ2) is 22.9. The van der Waals surface area contributed by atoms with Gasteiger partial charge in [0.25, 0.3) is 5.91 Å². The Morgan fingerprint density at radius 3 is 2.23 bits per heavy atom. The summed E-state index contributed by atoms with van der Waals surface area (Å²) in [5, 5.41) is 12.4. The normalized spacial score (nSPS) is 18.1. The molecule has 2 unspecified atom stereocenters. The van der Waals surface area contributed by atoms with E-state index in [-0.39, 0.29) is 30.4 Å². The Bertz CT molecular complexity index is 3120. The van der Waals surface area contributed by atoms with Gasteiger partial charge in [-0.2, -0.15) is 0 Å². The third-order valence-corrected chi connectivity index (χ3v) is 16.8. The van der Waals surface area contributed by atoms with E-state index in [0.29, 0.717) is 93.2 Å². The monoisotopic (exact) mass is 1080 g/mol. The minimum Gasteiger partial charge on any atom is -0.474 e. The molecule has 0 bridgehead atoms. The Labute approximate surface area is 456 Å². The van der Waals surface area contributed by atoms with Crippen LogP contribution in [0.5, 0.6) is 5.75 Å². The molecule has 0 radical (unpaired) electrons. The van der Waals surface area contributed by atoms with E-state index in [9.17, 15) is 24.0 Å². The zero-order valence-corrected chi connectivity index (χ0v) is 45.9. The van der Waals surface area contributed by atoms with Crippen LogP contribution >= 0.6 is 22.7 Å². The van der Waals surface area contributed by atoms with Crippen LogP contribution in [0, 0.1) is 19.3 Å². The molecular formula is C56H66N12O7S2. The molecule has 77 heavy (non-hydrogen) atoms. The first-order valence-electron chi connectivity index (χ1n) is 26.6. The standard InChI is InChI=1S/C56H66N12O7S2/c1-34-43(63-54(73)74-40-10-7-6-8-11-40)26-39(29-57-34)38-17-18-42-45(27-38)77-53(62-42)64-46(69)32-66-22-24-67(25-23-66)52-59-30-41(31-60-52)75-56(19-20-56)51(72)65-48(55(3,4)5)50(71)68-21-9-12-44(68)49(70)58-28-36-13-15-37(16-14-36)47-35(2)61-33-76-47/h13-18,26-27,29-31,33,40,44,48H,6-12,19-25,28,32H2,1-5H3,(H,58,70)(H,63,73)(H,65,72)(H,62,64,69). The topological polar surface area (TPSA) is 226 Å². The van der Waals surface area contributed by atoms with Crippen LogP contribution < -0.4 is 30.9 Å². The third-order valence-electron chi connectivity index (χ3n) is 14.8. The van der Waals surface area contributed by atoms with E-state index in [4.69, 9.17) is 9.47 Å². The summed E-state index contributed by atoms with van der Waals surface area (Å²) in [6, 6.07) is 14.3.